The van der Waals surface area contributed by atoms with Crippen LogP contribution in [0.1, 0.15) is 17.9 Å². The van der Waals surface area contributed by atoms with Crippen LogP contribution in [-0.2, 0) is 10.0 Å². The average molecular weight is 322 g/mol. The summed E-state index contributed by atoms with van der Waals surface area (Å²) in [7, 11) is -3.38. The van der Waals surface area contributed by atoms with E-state index in [0.29, 0.717) is 23.0 Å². The maximum Gasteiger partial charge on any atom is 0.243 e. The van der Waals surface area contributed by atoms with Crippen LogP contribution in [-0.4, -0.2) is 25.8 Å². The van der Waals surface area contributed by atoms with Gasteiger partial charge in [0, 0.05) is 18.1 Å². The van der Waals surface area contributed by atoms with Gasteiger partial charge in [-0.25, -0.2) is 8.42 Å². The van der Waals surface area contributed by atoms with Gasteiger partial charge in [-0.15, -0.1) is 0 Å². The van der Waals surface area contributed by atoms with Crippen LogP contribution in [0.15, 0.2) is 59.5 Å². The van der Waals surface area contributed by atoms with Gasteiger partial charge in [0.05, 0.1) is 4.90 Å². The van der Waals surface area contributed by atoms with Crippen molar-refractivity contribution < 1.29 is 8.42 Å². The van der Waals surface area contributed by atoms with Crippen LogP contribution < -0.4 is 0 Å². The van der Waals surface area contributed by atoms with E-state index in [1.54, 1.807) is 28.6 Å². The van der Waals surface area contributed by atoms with E-state index in [2.05, 4.69) is 0 Å². The Morgan fingerprint density at radius 1 is 1.00 bits per heavy atom. The van der Waals surface area contributed by atoms with Crippen molar-refractivity contribution in [2.24, 2.45) is 0 Å². The molecule has 1 aliphatic rings. The number of sulfonamides is 1. The van der Waals surface area contributed by atoms with Crippen LogP contribution in [0.4, 0.5) is 0 Å². The molecule has 2 aromatic carbocycles. The summed E-state index contributed by atoms with van der Waals surface area (Å²) in [6.45, 7) is 1.09. The molecule has 0 bridgehead atoms. The lowest BCUT2D eigenvalue weighted by molar-refractivity contribution is 0.473. The highest BCUT2D eigenvalue weighted by Gasteiger charge is 2.32. The van der Waals surface area contributed by atoms with Crippen molar-refractivity contribution in [2.45, 2.75) is 17.2 Å². The fourth-order valence-corrected chi connectivity index (χ4v) is 4.34. The second-order valence-electron chi connectivity index (χ2n) is 5.21. The van der Waals surface area contributed by atoms with Gasteiger partial charge in [-0.3, -0.25) is 0 Å². The minimum absolute atomic E-state index is 0.237. The topological polar surface area (TPSA) is 37.4 Å². The van der Waals surface area contributed by atoms with Crippen LogP contribution >= 0.6 is 11.6 Å². The molecule has 21 heavy (non-hydrogen) atoms. The molecule has 0 aromatic heterocycles. The summed E-state index contributed by atoms with van der Waals surface area (Å²) >= 11 is 5.89. The van der Waals surface area contributed by atoms with Gasteiger partial charge in [0.1, 0.15) is 0 Å². The zero-order valence-corrected chi connectivity index (χ0v) is 13.0. The van der Waals surface area contributed by atoms with E-state index in [9.17, 15) is 8.42 Å². The molecule has 1 saturated heterocycles. The van der Waals surface area contributed by atoms with Gasteiger partial charge >= 0.3 is 0 Å². The molecule has 1 fully saturated rings. The van der Waals surface area contributed by atoms with Crippen LogP contribution in [0.5, 0.6) is 0 Å². The molecule has 110 valence electrons. The molecule has 5 heteroatoms. The fourth-order valence-electron chi connectivity index (χ4n) is 2.70. The second kappa shape index (κ2) is 5.79. The third-order valence-corrected chi connectivity index (χ3v) is 6.00. The quantitative estimate of drug-likeness (QED) is 0.867. The first-order chi connectivity index (χ1) is 10.1. The van der Waals surface area contributed by atoms with Crippen molar-refractivity contribution in [1.82, 2.24) is 4.31 Å². The number of benzene rings is 2. The Kier molecular flexibility index (Phi) is 4.02. The second-order valence-corrected chi connectivity index (χ2v) is 7.59. The van der Waals surface area contributed by atoms with Gasteiger partial charge in [0.25, 0.3) is 0 Å². The van der Waals surface area contributed by atoms with Gasteiger partial charge in [-0.05, 0) is 42.2 Å². The zero-order chi connectivity index (χ0) is 14.9. The zero-order valence-electron chi connectivity index (χ0n) is 11.4. The Bertz CT molecular complexity index is 714. The number of hydrogen-bond acceptors (Lipinski definition) is 2. The first-order valence-corrected chi connectivity index (χ1v) is 8.70. The average Bonchev–Trinajstić information content (AvgIpc) is 2.99. The summed E-state index contributed by atoms with van der Waals surface area (Å²) in [6, 6.07) is 16.3. The molecular formula is C16H16ClNO2S. The summed E-state index contributed by atoms with van der Waals surface area (Å²) in [5.74, 6) is 0.237. The molecule has 1 heterocycles. The summed E-state index contributed by atoms with van der Waals surface area (Å²) in [5.41, 5.74) is 1.14. The first-order valence-electron chi connectivity index (χ1n) is 6.88. The van der Waals surface area contributed by atoms with E-state index in [1.165, 1.54) is 0 Å². The molecule has 1 aliphatic heterocycles. The molecule has 0 amide bonds. The number of nitrogens with zero attached hydrogens (tertiary/aromatic N) is 1. The Morgan fingerprint density at radius 3 is 2.33 bits per heavy atom. The number of rotatable bonds is 3. The Hall–Kier alpha value is -1.36. The highest BCUT2D eigenvalue weighted by atomic mass is 35.5. The van der Waals surface area contributed by atoms with Gasteiger partial charge in [0.15, 0.2) is 0 Å². The summed E-state index contributed by atoms with van der Waals surface area (Å²) in [6.07, 6.45) is 0.841. The molecule has 3 nitrogen and oxygen atoms in total. The van der Waals surface area contributed by atoms with E-state index >= 15 is 0 Å². The maximum atomic E-state index is 12.6. The minimum atomic E-state index is -3.38. The van der Waals surface area contributed by atoms with E-state index in [-0.39, 0.29) is 5.92 Å². The molecule has 0 radical (unpaired) electrons. The molecule has 0 aliphatic carbocycles. The SMILES string of the molecule is O=S(=O)(c1ccccc1)N1CC[C@H](c2ccc(Cl)cc2)C1. The van der Waals surface area contributed by atoms with E-state index < -0.39 is 10.0 Å². The van der Waals surface area contributed by atoms with E-state index in [1.807, 2.05) is 30.3 Å². The lowest BCUT2D eigenvalue weighted by atomic mass is 9.99. The van der Waals surface area contributed by atoms with Crippen molar-refractivity contribution in [1.29, 1.82) is 0 Å². The van der Waals surface area contributed by atoms with Gasteiger partial charge < -0.3 is 0 Å². The number of hydrogen-bond donors (Lipinski definition) is 0. The smallest absolute Gasteiger partial charge is 0.207 e. The van der Waals surface area contributed by atoms with Crippen molar-refractivity contribution >= 4 is 21.6 Å². The molecule has 1 atom stereocenters. The van der Waals surface area contributed by atoms with Gasteiger partial charge in [-0.1, -0.05) is 41.9 Å². The Balaban J connectivity index is 1.79. The normalized spacial score (nSPS) is 19.8. The molecule has 2 aromatic rings. The third-order valence-electron chi connectivity index (χ3n) is 3.87. The fraction of sp³-hybridized carbons (Fsp3) is 0.250. The molecule has 0 saturated carbocycles. The number of halogens is 1. The molecule has 0 unspecified atom stereocenters. The molecular weight excluding hydrogens is 306 g/mol. The monoisotopic (exact) mass is 321 g/mol. The van der Waals surface area contributed by atoms with Crippen LogP contribution in [0, 0.1) is 0 Å². The minimum Gasteiger partial charge on any atom is -0.207 e. The van der Waals surface area contributed by atoms with Crippen molar-refractivity contribution in [3.8, 4) is 0 Å². The van der Waals surface area contributed by atoms with Crippen molar-refractivity contribution in [2.75, 3.05) is 13.1 Å². The van der Waals surface area contributed by atoms with E-state index in [4.69, 9.17) is 11.6 Å². The largest absolute Gasteiger partial charge is 0.243 e. The Morgan fingerprint density at radius 2 is 1.67 bits per heavy atom. The standard InChI is InChI=1S/C16H16ClNO2S/c17-15-8-6-13(7-9-15)14-10-11-18(12-14)21(19,20)16-4-2-1-3-5-16/h1-9,14H,10-12H2/t14-/m0/s1. The van der Waals surface area contributed by atoms with Gasteiger partial charge in [0.2, 0.25) is 10.0 Å². The molecule has 0 spiro atoms. The summed E-state index contributed by atoms with van der Waals surface area (Å²) in [5, 5.41) is 0.700. The van der Waals surface area contributed by atoms with Crippen molar-refractivity contribution in [3.63, 3.8) is 0 Å². The predicted molar refractivity (Wildman–Crippen MR) is 84.0 cm³/mol. The van der Waals surface area contributed by atoms with E-state index in [0.717, 1.165) is 12.0 Å². The van der Waals surface area contributed by atoms with Crippen LogP contribution in [0.3, 0.4) is 0 Å². The third kappa shape index (κ3) is 2.98. The summed E-state index contributed by atoms with van der Waals surface area (Å²) in [4.78, 5) is 0.363. The van der Waals surface area contributed by atoms with Crippen LogP contribution in [0.25, 0.3) is 0 Å². The lowest BCUT2D eigenvalue weighted by Crippen LogP contribution is -2.28. The Labute approximate surface area is 130 Å². The predicted octanol–water partition coefficient (Wildman–Crippen LogP) is 3.52. The highest BCUT2D eigenvalue weighted by Crippen LogP contribution is 2.31. The lowest BCUT2D eigenvalue weighted by Gasteiger charge is -2.16. The van der Waals surface area contributed by atoms with Crippen LogP contribution in [0.2, 0.25) is 5.02 Å². The maximum absolute atomic E-state index is 12.6. The van der Waals surface area contributed by atoms with Gasteiger partial charge in [-0.2, -0.15) is 4.31 Å². The highest BCUT2D eigenvalue weighted by molar-refractivity contribution is 7.89. The van der Waals surface area contributed by atoms with Crippen molar-refractivity contribution in [3.05, 3.63) is 65.2 Å². The summed E-state index contributed by atoms with van der Waals surface area (Å²) < 4.78 is 26.7. The molecule has 0 N–H and O–H groups in total. The molecule has 3 rings (SSSR count). The first kappa shape index (κ1) is 14.6.